The van der Waals surface area contributed by atoms with Crippen molar-refractivity contribution in [1.82, 2.24) is 9.97 Å². The molecule has 15 heavy (non-hydrogen) atoms. The molecule has 1 aromatic heterocycles. The van der Waals surface area contributed by atoms with Crippen LogP contribution in [-0.4, -0.2) is 15.2 Å². The van der Waals surface area contributed by atoms with Gasteiger partial charge in [-0.15, -0.1) is 0 Å². The van der Waals surface area contributed by atoms with Gasteiger partial charge in [-0.3, -0.25) is 0 Å². The van der Waals surface area contributed by atoms with Crippen LogP contribution in [0.1, 0.15) is 44.3 Å². The smallest absolute Gasteiger partial charge is 0.138 e. The number of thioether (sulfide) groups is 1. The summed E-state index contributed by atoms with van der Waals surface area (Å²) in [5.74, 6) is 1.89. The van der Waals surface area contributed by atoms with E-state index in [4.69, 9.17) is 0 Å². The number of aryl methyl sites for hydroxylation is 2. The monoisotopic (exact) mass is 224 g/mol. The van der Waals surface area contributed by atoms with Gasteiger partial charge in [-0.2, -0.15) is 11.8 Å². The fraction of sp³-hybridized carbons (Fsp3) is 0.667. The van der Waals surface area contributed by atoms with E-state index in [1.807, 2.05) is 18.0 Å². The fourth-order valence-electron chi connectivity index (χ4n) is 1.37. The van der Waals surface area contributed by atoms with Gasteiger partial charge in [-0.1, -0.05) is 27.2 Å². The molecule has 0 aliphatic rings. The Morgan fingerprint density at radius 2 is 2.13 bits per heavy atom. The van der Waals surface area contributed by atoms with Crippen molar-refractivity contribution in [2.24, 2.45) is 0 Å². The molecule has 0 amide bonds. The molecule has 0 aliphatic heterocycles. The van der Waals surface area contributed by atoms with Gasteiger partial charge in [0.15, 0.2) is 0 Å². The van der Waals surface area contributed by atoms with Crippen LogP contribution in [0.4, 0.5) is 0 Å². The lowest BCUT2D eigenvalue weighted by Gasteiger charge is -2.07. The molecule has 0 fully saturated rings. The second-order valence-corrected chi connectivity index (χ2v) is 5.57. The Kier molecular flexibility index (Phi) is 5.09. The lowest BCUT2D eigenvalue weighted by molar-refractivity contribution is 0.865. The number of hydrogen-bond donors (Lipinski definition) is 0. The lowest BCUT2D eigenvalue weighted by Crippen LogP contribution is -2.01. The number of rotatable bonds is 5. The van der Waals surface area contributed by atoms with E-state index in [1.54, 1.807) is 0 Å². The third kappa shape index (κ3) is 4.20. The minimum atomic E-state index is 0.643. The van der Waals surface area contributed by atoms with Gasteiger partial charge >= 0.3 is 0 Å². The molecule has 0 aliphatic carbocycles. The molecule has 0 saturated heterocycles. The summed E-state index contributed by atoms with van der Waals surface area (Å²) in [4.78, 5) is 8.93. The Morgan fingerprint density at radius 1 is 1.40 bits per heavy atom. The molecular formula is C12H20N2S. The first kappa shape index (κ1) is 12.5. The maximum atomic E-state index is 4.53. The molecule has 0 spiro atoms. The van der Waals surface area contributed by atoms with Crippen molar-refractivity contribution < 1.29 is 0 Å². The molecule has 0 radical (unpaired) electrons. The molecule has 0 bridgehead atoms. The quantitative estimate of drug-likeness (QED) is 0.767. The molecule has 1 rings (SSSR count). The highest BCUT2D eigenvalue weighted by Gasteiger charge is 2.03. The number of nitrogens with zero attached hydrogens (tertiary/aromatic N) is 2. The average Bonchev–Trinajstić information content (AvgIpc) is 2.19. The van der Waals surface area contributed by atoms with E-state index in [1.165, 1.54) is 5.56 Å². The predicted octanol–water partition coefficient (Wildman–Crippen LogP) is 3.38. The first-order valence-electron chi connectivity index (χ1n) is 5.56. The summed E-state index contributed by atoms with van der Waals surface area (Å²) in [6.07, 6.45) is 4.23. The van der Waals surface area contributed by atoms with Gasteiger partial charge in [-0.25, -0.2) is 9.97 Å². The highest BCUT2D eigenvalue weighted by molar-refractivity contribution is 7.99. The Balaban J connectivity index is 2.64. The molecule has 0 aromatic carbocycles. The van der Waals surface area contributed by atoms with Crippen LogP contribution < -0.4 is 0 Å². The molecular weight excluding hydrogens is 204 g/mol. The molecule has 3 heteroatoms. The van der Waals surface area contributed by atoms with Crippen LogP contribution in [0.5, 0.6) is 0 Å². The Hall–Kier alpha value is -0.570. The normalized spacial score (nSPS) is 11.0. The van der Waals surface area contributed by atoms with E-state index in [9.17, 15) is 0 Å². The zero-order valence-corrected chi connectivity index (χ0v) is 10.9. The van der Waals surface area contributed by atoms with Crippen LogP contribution in [0.3, 0.4) is 0 Å². The highest BCUT2D eigenvalue weighted by atomic mass is 32.2. The van der Waals surface area contributed by atoms with E-state index in [2.05, 4.69) is 37.7 Å². The van der Waals surface area contributed by atoms with Gasteiger partial charge < -0.3 is 0 Å². The van der Waals surface area contributed by atoms with Gasteiger partial charge in [0.1, 0.15) is 5.82 Å². The summed E-state index contributed by atoms with van der Waals surface area (Å²) in [6.45, 7) is 8.66. The predicted molar refractivity (Wildman–Crippen MR) is 67.2 cm³/mol. The lowest BCUT2D eigenvalue weighted by atomic mass is 10.1. The van der Waals surface area contributed by atoms with Crippen molar-refractivity contribution in [3.05, 3.63) is 23.3 Å². The van der Waals surface area contributed by atoms with Crippen molar-refractivity contribution in [3.63, 3.8) is 0 Å². The van der Waals surface area contributed by atoms with Gasteiger partial charge in [0.25, 0.3) is 0 Å². The maximum Gasteiger partial charge on any atom is 0.138 e. The van der Waals surface area contributed by atoms with Crippen molar-refractivity contribution in [2.75, 3.05) is 0 Å². The summed E-state index contributed by atoms with van der Waals surface area (Å²) < 4.78 is 0. The zero-order chi connectivity index (χ0) is 11.3. The average molecular weight is 224 g/mol. The molecule has 2 nitrogen and oxygen atoms in total. The summed E-state index contributed by atoms with van der Waals surface area (Å²) in [6, 6.07) is 0. The first-order chi connectivity index (χ1) is 7.13. The number of hydrogen-bond acceptors (Lipinski definition) is 3. The second kappa shape index (κ2) is 6.11. The molecule has 0 saturated carbocycles. The topological polar surface area (TPSA) is 25.8 Å². The van der Waals surface area contributed by atoms with Gasteiger partial charge in [-0.05, 0) is 24.2 Å². The maximum absolute atomic E-state index is 4.53. The van der Waals surface area contributed by atoms with Crippen LogP contribution in [-0.2, 0) is 12.2 Å². The molecule has 0 atom stereocenters. The van der Waals surface area contributed by atoms with Crippen LogP contribution >= 0.6 is 11.8 Å². The van der Waals surface area contributed by atoms with Crippen molar-refractivity contribution >= 4 is 11.8 Å². The second-order valence-electron chi connectivity index (χ2n) is 4.01. The summed E-state index contributed by atoms with van der Waals surface area (Å²) in [5.41, 5.74) is 2.43. The van der Waals surface area contributed by atoms with Gasteiger partial charge in [0, 0.05) is 11.9 Å². The summed E-state index contributed by atoms with van der Waals surface area (Å²) >= 11 is 1.89. The van der Waals surface area contributed by atoms with E-state index in [0.29, 0.717) is 5.25 Å². The Morgan fingerprint density at radius 3 is 2.67 bits per heavy atom. The zero-order valence-electron chi connectivity index (χ0n) is 10.1. The van der Waals surface area contributed by atoms with Gasteiger partial charge in [0.05, 0.1) is 5.75 Å². The number of aromatic nitrogens is 2. The molecule has 0 N–H and O–H groups in total. The Labute approximate surface area is 96.9 Å². The minimum absolute atomic E-state index is 0.643. The molecule has 84 valence electrons. The van der Waals surface area contributed by atoms with E-state index in [0.717, 1.165) is 30.1 Å². The van der Waals surface area contributed by atoms with Crippen LogP contribution in [0.15, 0.2) is 6.20 Å². The van der Waals surface area contributed by atoms with E-state index < -0.39 is 0 Å². The van der Waals surface area contributed by atoms with Crippen LogP contribution in [0, 0.1) is 6.92 Å². The molecule has 1 heterocycles. The summed E-state index contributed by atoms with van der Waals surface area (Å²) in [7, 11) is 0. The van der Waals surface area contributed by atoms with Crippen molar-refractivity contribution in [3.8, 4) is 0 Å². The highest BCUT2D eigenvalue weighted by Crippen LogP contribution is 2.15. The van der Waals surface area contributed by atoms with Crippen molar-refractivity contribution in [2.45, 2.75) is 51.5 Å². The summed E-state index contributed by atoms with van der Waals surface area (Å²) in [5, 5.41) is 0.643. The van der Waals surface area contributed by atoms with Crippen LogP contribution in [0.2, 0.25) is 0 Å². The standard InChI is InChI=1S/C12H20N2S/c1-5-6-11-7-13-12(14-10(11)4)8-15-9(2)3/h7,9H,5-6,8H2,1-4H3. The minimum Gasteiger partial charge on any atom is -0.240 e. The van der Waals surface area contributed by atoms with Gasteiger partial charge in [0.2, 0.25) is 0 Å². The van der Waals surface area contributed by atoms with E-state index >= 15 is 0 Å². The SMILES string of the molecule is CCCc1cnc(CSC(C)C)nc1C. The molecule has 1 aromatic rings. The largest absolute Gasteiger partial charge is 0.240 e. The third-order valence-electron chi connectivity index (χ3n) is 2.20. The Bertz CT molecular complexity index is 310. The molecule has 0 unspecified atom stereocenters. The first-order valence-corrected chi connectivity index (χ1v) is 6.61. The van der Waals surface area contributed by atoms with Crippen molar-refractivity contribution in [1.29, 1.82) is 0 Å². The van der Waals surface area contributed by atoms with E-state index in [-0.39, 0.29) is 0 Å². The fourth-order valence-corrected chi connectivity index (χ4v) is 1.99. The third-order valence-corrected chi connectivity index (χ3v) is 3.29. The van der Waals surface area contributed by atoms with Crippen LogP contribution in [0.25, 0.3) is 0 Å².